The zero-order valence-electron chi connectivity index (χ0n) is 14.7. The van der Waals surface area contributed by atoms with Crippen LogP contribution in [0.3, 0.4) is 0 Å². The van der Waals surface area contributed by atoms with E-state index in [1.54, 1.807) is 0 Å². The highest BCUT2D eigenvalue weighted by Crippen LogP contribution is 2.44. The summed E-state index contributed by atoms with van der Waals surface area (Å²) in [6.45, 7) is 7.34. The average molecular weight is 325 g/mol. The van der Waals surface area contributed by atoms with Gasteiger partial charge in [-0.15, -0.1) is 0 Å². The number of carbonyl (C=O) groups excluding carboxylic acids is 1. The van der Waals surface area contributed by atoms with Crippen LogP contribution in [-0.4, -0.2) is 52.6 Å². The molecule has 3 saturated heterocycles. The summed E-state index contributed by atoms with van der Waals surface area (Å²) in [4.78, 5) is 14.4. The number of rotatable bonds is 2. The van der Waals surface area contributed by atoms with E-state index in [1.807, 2.05) is 25.7 Å². The van der Waals surface area contributed by atoms with Crippen molar-refractivity contribution in [2.24, 2.45) is 5.92 Å². The van der Waals surface area contributed by atoms with Gasteiger partial charge in [0, 0.05) is 25.3 Å². The number of ether oxygens (including phenoxy) is 2. The molecule has 1 amide bonds. The highest BCUT2D eigenvalue weighted by Gasteiger charge is 2.50. The Hall–Kier alpha value is -0.810. The summed E-state index contributed by atoms with van der Waals surface area (Å²) in [5.41, 5.74) is -1.08. The van der Waals surface area contributed by atoms with Crippen LogP contribution in [0.1, 0.15) is 65.7 Å². The molecule has 2 bridgehead atoms. The van der Waals surface area contributed by atoms with Gasteiger partial charge in [-0.3, -0.25) is 0 Å². The second-order valence-electron chi connectivity index (χ2n) is 8.67. The summed E-state index contributed by atoms with van der Waals surface area (Å²) in [5.74, 6) is 0.557. The van der Waals surface area contributed by atoms with Gasteiger partial charge in [-0.05, 0) is 71.6 Å². The molecule has 2 unspecified atom stereocenters. The van der Waals surface area contributed by atoms with Crippen LogP contribution in [0.25, 0.3) is 0 Å². The summed E-state index contributed by atoms with van der Waals surface area (Å²) in [7, 11) is 0. The molecule has 0 aromatic heterocycles. The van der Waals surface area contributed by atoms with Gasteiger partial charge in [0.15, 0.2) is 0 Å². The molecule has 2 atom stereocenters. The average Bonchev–Trinajstić information content (AvgIpc) is 2.71. The monoisotopic (exact) mass is 325 g/mol. The second-order valence-corrected chi connectivity index (χ2v) is 8.67. The van der Waals surface area contributed by atoms with Crippen LogP contribution < -0.4 is 0 Å². The Kier molecular flexibility index (Phi) is 4.62. The third-order valence-corrected chi connectivity index (χ3v) is 5.46. The summed E-state index contributed by atoms with van der Waals surface area (Å²) in [6.07, 6.45) is 6.10. The smallest absolute Gasteiger partial charge is 0.410 e. The standard InChI is InChI=1S/C18H31NO4/c1-17(2,3)23-16(20)19-14-4-5-15(19)12-18(21,11-14)10-13-6-8-22-9-7-13/h13-15,21H,4-12H2,1-3H3. The lowest BCUT2D eigenvalue weighted by atomic mass is 9.77. The summed E-state index contributed by atoms with van der Waals surface area (Å²) >= 11 is 0. The molecule has 3 fully saturated rings. The molecule has 3 rings (SSSR count). The van der Waals surface area contributed by atoms with Crippen molar-refractivity contribution in [2.45, 2.75) is 89.0 Å². The van der Waals surface area contributed by atoms with Gasteiger partial charge in [-0.25, -0.2) is 4.79 Å². The lowest BCUT2D eigenvalue weighted by Crippen LogP contribution is -2.54. The van der Waals surface area contributed by atoms with Crippen LogP contribution in [0.5, 0.6) is 0 Å². The Bertz CT molecular complexity index is 425. The van der Waals surface area contributed by atoms with Crippen LogP contribution in [-0.2, 0) is 9.47 Å². The minimum absolute atomic E-state index is 0.133. The Morgan fingerprint density at radius 1 is 1.17 bits per heavy atom. The van der Waals surface area contributed by atoms with Crippen LogP contribution >= 0.6 is 0 Å². The first-order valence-corrected chi connectivity index (χ1v) is 9.07. The van der Waals surface area contributed by atoms with E-state index in [1.165, 1.54) is 0 Å². The van der Waals surface area contributed by atoms with E-state index in [9.17, 15) is 9.90 Å². The molecular formula is C18H31NO4. The van der Waals surface area contributed by atoms with Crippen molar-refractivity contribution in [1.29, 1.82) is 0 Å². The first-order valence-electron chi connectivity index (χ1n) is 9.07. The third kappa shape index (κ3) is 4.00. The topological polar surface area (TPSA) is 59.0 Å². The van der Waals surface area contributed by atoms with Gasteiger partial charge in [-0.1, -0.05) is 0 Å². The Balaban J connectivity index is 1.62. The number of hydrogen-bond donors (Lipinski definition) is 1. The molecule has 3 aliphatic rings. The maximum atomic E-state index is 12.5. The van der Waals surface area contributed by atoms with Gasteiger partial charge in [0.05, 0.1) is 5.60 Å². The first-order chi connectivity index (χ1) is 10.8. The quantitative estimate of drug-likeness (QED) is 0.847. The number of amides is 1. The fourth-order valence-corrected chi connectivity index (χ4v) is 4.59. The lowest BCUT2D eigenvalue weighted by Gasteiger charge is -2.45. The summed E-state index contributed by atoms with van der Waals surface area (Å²) < 4.78 is 11.0. The first kappa shape index (κ1) is 17.0. The van der Waals surface area contributed by atoms with Crippen molar-refractivity contribution >= 4 is 6.09 Å². The molecule has 23 heavy (non-hydrogen) atoms. The maximum absolute atomic E-state index is 12.5. The van der Waals surface area contributed by atoms with Gasteiger partial charge < -0.3 is 19.5 Å². The van der Waals surface area contributed by atoms with Crippen LogP contribution in [0.15, 0.2) is 0 Å². The van der Waals surface area contributed by atoms with Crippen LogP contribution in [0.2, 0.25) is 0 Å². The van der Waals surface area contributed by atoms with Crippen molar-refractivity contribution < 1.29 is 19.4 Å². The molecule has 5 nitrogen and oxygen atoms in total. The number of fused-ring (bicyclic) bond motifs is 2. The lowest BCUT2D eigenvalue weighted by molar-refractivity contribution is -0.0774. The fraction of sp³-hybridized carbons (Fsp3) is 0.944. The highest BCUT2D eigenvalue weighted by atomic mass is 16.6. The van der Waals surface area contributed by atoms with Gasteiger partial charge >= 0.3 is 6.09 Å². The molecule has 3 heterocycles. The maximum Gasteiger partial charge on any atom is 0.410 e. The largest absolute Gasteiger partial charge is 0.444 e. The predicted molar refractivity (Wildman–Crippen MR) is 87.2 cm³/mol. The minimum Gasteiger partial charge on any atom is -0.444 e. The van der Waals surface area contributed by atoms with Gasteiger partial charge in [0.2, 0.25) is 0 Å². The molecule has 3 aliphatic heterocycles. The summed E-state index contributed by atoms with van der Waals surface area (Å²) in [5, 5.41) is 11.1. The van der Waals surface area contributed by atoms with E-state index in [4.69, 9.17) is 9.47 Å². The molecule has 5 heteroatoms. The van der Waals surface area contributed by atoms with E-state index in [0.29, 0.717) is 18.8 Å². The zero-order chi connectivity index (χ0) is 16.7. The SMILES string of the molecule is CC(C)(C)OC(=O)N1C2CCC1CC(O)(CC1CCOCC1)C2. The highest BCUT2D eigenvalue weighted by molar-refractivity contribution is 5.69. The van der Waals surface area contributed by atoms with E-state index >= 15 is 0 Å². The van der Waals surface area contributed by atoms with Crippen molar-refractivity contribution in [1.82, 2.24) is 4.90 Å². The van der Waals surface area contributed by atoms with E-state index in [2.05, 4.69) is 0 Å². The predicted octanol–water partition coefficient (Wildman–Crippen LogP) is 3.10. The molecule has 0 spiro atoms. The van der Waals surface area contributed by atoms with Gasteiger partial charge in [0.25, 0.3) is 0 Å². The number of hydrogen-bond acceptors (Lipinski definition) is 4. The Morgan fingerprint density at radius 2 is 1.74 bits per heavy atom. The van der Waals surface area contributed by atoms with Crippen molar-refractivity contribution in [3.8, 4) is 0 Å². The van der Waals surface area contributed by atoms with Crippen LogP contribution in [0.4, 0.5) is 4.79 Å². The van der Waals surface area contributed by atoms with Gasteiger partial charge in [0.1, 0.15) is 5.60 Å². The van der Waals surface area contributed by atoms with E-state index in [0.717, 1.165) is 45.3 Å². The molecule has 0 aromatic carbocycles. The number of carbonyl (C=O) groups is 1. The number of aliphatic hydroxyl groups is 1. The molecule has 1 N–H and O–H groups in total. The fourth-order valence-electron chi connectivity index (χ4n) is 4.59. The molecule has 0 radical (unpaired) electrons. The Labute approximate surface area is 139 Å². The molecular weight excluding hydrogens is 294 g/mol. The molecule has 132 valence electrons. The van der Waals surface area contributed by atoms with Crippen LogP contribution in [0, 0.1) is 5.92 Å². The molecule has 0 aliphatic carbocycles. The van der Waals surface area contributed by atoms with Gasteiger partial charge in [-0.2, -0.15) is 0 Å². The third-order valence-electron chi connectivity index (χ3n) is 5.46. The molecule has 0 aromatic rings. The second kappa shape index (κ2) is 6.25. The number of nitrogens with zero attached hydrogens (tertiary/aromatic N) is 1. The molecule has 0 saturated carbocycles. The number of piperidine rings is 1. The van der Waals surface area contributed by atoms with E-state index < -0.39 is 11.2 Å². The minimum atomic E-state index is -0.619. The Morgan fingerprint density at radius 3 is 2.26 bits per heavy atom. The van der Waals surface area contributed by atoms with E-state index in [-0.39, 0.29) is 18.2 Å². The van der Waals surface area contributed by atoms with Crippen molar-refractivity contribution in [2.75, 3.05) is 13.2 Å². The van der Waals surface area contributed by atoms with Crippen molar-refractivity contribution in [3.63, 3.8) is 0 Å². The summed E-state index contributed by atoms with van der Waals surface area (Å²) in [6, 6.07) is 0.266. The zero-order valence-corrected chi connectivity index (χ0v) is 14.7. The normalized spacial score (nSPS) is 35.4. The van der Waals surface area contributed by atoms with Crippen molar-refractivity contribution in [3.05, 3.63) is 0 Å².